The molecular formula is C14H19ClN4O. The zero-order valence-corrected chi connectivity index (χ0v) is 12.1. The van der Waals surface area contributed by atoms with Gasteiger partial charge in [-0.1, -0.05) is 24.3 Å². The van der Waals surface area contributed by atoms with Crippen molar-refractivity contribution in [3.63, 3.8) is 0 Å². The van der Waals surface area contributed by atoms with Crippen LogP contribution in [0.3, 0.4) is 0 Å². The third-order valence-electron chi connectivity index (χ3n) is 2.90. The van der Waals surface area contributed by atoms with E-state index in [0.717, 1.165) is 17.7 Å². The minimum absolute atomic E-state index is 0. The highest BCUT2D eigenvalue weighted by Gasteiger charge is 2.08. The van der Waals surface area contributed by atoms with Gasteiger partial charge >= 0.3 is 0 Å². The van der Waals surface area contributed by atoms with Crippen molar-refractivity contribution < 1.29 is 4.79 Å². The molecule has 0 aliphatic heterocycles. The van der Waals surface area contributed by atoms with Crippen LogP contribution >= 0.6 is 12.4 Å². The molecule has 0 saturated carbocycles. The fraction of sp³-hybridized carbons (Fsp3) is 0.286. The normalized spacial score (nSPS) is 11.5. The number of halogens is 1. The molecule has 0 bridgehead atoms. The second kappa shape index (κ2) is 7.67. The first-order valence-corrected chi connectivity index (χ1v) is 6.22. The lowest BCUT2D eigenvalue weighted by molar-refractivity contribution is -0.122. The molecule has 1 aromatic carbocycles. The fourth-order valence-electron chi connectivity index (χ4n) is 1.80. The number of amides is 1. The highest BCUT2D eigenvalue weighted by molar-refractivity contribution is 5.85. The average molecular weight is 295 g/mol. The quantitative estimate of drug-likeness (QED) is 0.873. The maximum Gasteiger partial charge on any atom is 0.236 e. The van der Waals surface area contributed by atoms with E-state index in [4.69, 9.17) is 5.73 Å². The summed E-state index contributed by atoms with van der Waals surface area (Å²) < 4.78 is 1.99. The molecule has 6 heteroatoms. The van der Waals surface area contributed by atoms with Crippen LogP contribution < -0.4 is 11.1 Å². The number of hydrogen-bond donors (Lipinski definition) is 2. The van der Waals surface area contributed by atoms with E-state index in [0.29, 0.717) is 6.54 Å². The number of nitrogens with one attached hydrogen (secondary N) is 1. The van der Waals surface area contributed by atoms with Crippen LogP contribution in [0.15, 0.2) is 43.0 Å². The van der Waals surface area contributed by atoms with Crippen molar-refractivity contribution in [1.82, 2.24) is 14.9 Å². The molecule has 1 atom stereocenters. The Morgan fingerprint density at radius 1 is 1.40 bits per heavy atom. The minimum atomic E-state index is -0.485. The van der Waals surface area contributed by atoms with Crippen molar-refractivity contribution in [2.45, 2.75) is 26.1 Å². The first-order chi connectivity index (χ1) is 9.16. The predicted octanol–water partition coefficient (Wildman–Crippen LogP) is 1.32. The van der Waals surface area contributed by atoms with Gasteiger partial charge in [0.25, 0.3) is 0 Å². The van der Waals surface area contributed by atoms with Crippen LogP contribution in [0.2, 0.25) is 0 Å². The second-order valence-electron chi connectivity index (χ2n) is 4.51. The number of carbonyl (C=O) groups excluding carboxylic acids is 1. The standard InChI is InChI=1S/C14H18N4O.ClH/c1-11(15)14(19)17-8-12-4-2-3-5-13(12)9-18-7-6-16-10-18;/h2-7,10-11H,8-9,15H2,1H3,(H,17,19);1H. The van der Waals surface area contributed by atoms with E-state index in [-0.39, 0.29) is 18.3 Å². The summed E-state index contributed by atoms with van der Waals surface area (Å²) in [7, 11) is 0. The van der Waals surface area contributed by atoms with Crippen molar-refractivity contribution >= 4 is 18.3 Å². The third-order valence-corrected chi connectivity index (χ3v) is 2.90. The Kier molecular flexibility index (Phi) is 6.21. The first-order valence-electron chi connectivity index (χ1n) is 6.22. The highest BCUT2D eigenvalue weighted by Crippen LogP contribution is 2.10. The largest absolute Gasteiger partial charge is 0.351 e. The zero-order chi connectivity index (χ0) is 13.7. The summed E-state index contributed by atoms with van der Waals surface area (Å²) in [5.74, 6) is -0.141. The number of carbonyl (C=O) groups is 1. The van der Waals surface area contributed by atoms with E-state index in [2.05, 4.69) is 10.3 Å². The maximum absolute atomic E-state index is 11.5. The van der Waals surface area contributed by atoms with Gasteiger partial charge < -0.3 is 15.6 Å². The van der Waals surface area contributed by atoms with E-state index in [1.807, 2.05) is 35.0 Å². The lowest BCUT2D eigenvalue weighted by Crippen LogP contribution is -2.38. The fourth-order valence-corrected chi connectivity index (χ4v) is 1.80. The Morgan fingerprint density at radius 3 is 2.70 bits per heavy atom. The third kappa shape index (κ3) is 4.36. The Labute approximate surface area is 124 Å². The number of nitrogens with zero attached hydrogens (tertiary/aromatic N) is 2. The first kappa shape index (κ1) is 16.2. The molecule has 5 nitrogen and oxygen atoms in total. The molecule has 0 aliphatic rings. The van der Waals surface area contributed by atoms with Crippen molar-refractivity contribution in [1.29, 1.82) is 0 Å². The molecule has 0 radical (unpaired) electrons. The van der Waals surface area contributed by atoms with E-state index in [1.165, 1.54) is 0 Å². The number of benzene rings is 1. The topological polar surface area (TPSA) is 72.9 Å². The Balaban J connectivity index is 0.00000200. The maximum atomic E-state index is 11.5. The lowest BCUT2D eigenvalue weighted by Gasteiger charge is -2.12. The summed E-state index contributed by atoms with van der Waals surface area (Å²) in [6.45, 7) is 2.90. The Bertz CT molecular complexity index is 540. The second-order valence-corrected chi connectivity index (χ2v) is 4.51. The van der Waals surface area contributed by atoms with Crippen LogP contribution in [0.5, 0.6) is 0 Å². The van der Waals surface area contributed by atoms with Crippen LogP contribution in [0.25, 0.3) is 0 Å². The molecule has 1 amide bonds. The average Bonchev–Trinajstić information content (AvgIpc) is 2.90. The molecule has 1 heterocycles. The number of aromatic nitrogens is 2. The molecule has 0 aliphatic carbocycles. The zero-order valence-electron chi connectivity index (χ0n) is 11.3. The molecule has 0 saturated heterocycles. The molecule has 20 heavy (non-hydrogen) atoms. The minimum Gasteiger partial charge on any atom is -0.351 e. The van der Waals surface area contributed by atoms with Gasteiger partial charge in [-0.3, -0.25) is 4.79 Å². The van der Waals surface area contributed by atoms with Crippen LogP contribution in [0.4, 0.5) is 0 Å². The SMILES string of the molecule is CC(N)C(=O)NCc1ccccc1Cn1ccnc1.Cl. The number of nitrogens with two attached hydrogens (primary N) is 1. The summed E-state index contributed by atoms with van der Waals surface area (Å²) >= 11 is 0. The smallest absolute Gasteiger partial charge is 0.236 e. The van der Waals surface area contributed by atoms with E-state index < -0.39 is 6.04 Å². The van der Waals surface area contributed by atoms with Crippen LogP contribution in [-0.2, 0) is 17.9 Å². The highest BCUT2D eigenvalue weighted by atomic mass is 35.5. The number of hydrogen-bond acceptors (Lipinski definition) is 3. The molecule has 3 N–H and O–H groups in total. The van der Waals surface area contributed by atoms with Gasteiger partial charge in [-0.15, -0.1) is 12.4 Å². The monoisotopic (exact) mass is 294 g/mol. The molecule has 1 unspecified atom stereocenters. The number of rotatable bonds is 5. The summed E-state index contributed by atoms with van der Waals surface area (Å²) in [4.78, 5) is 15.5. The molecular weight excluding hydrogens is 276 g/mol. The van der Waals surface area contributed by atoms with Crippen molar-refractivity contribution in [3.8, 4) is 0 Å². The van der Waals surface area contributed by atoms with Gasteiger partial charge in [0.2, 0.25) is 5.91 Å². The molecule has 108 valence electrons. The van der Waals surface area contributed by atoms with Crippen molar-refractivity contribution in [2.75, 3.05) is 0 Å². The van der Waals surface area contributed by atoms with Gasteiger partial charge in [0.15, 0.2) is 0 Å². The molecule has 2 aromatic rings. The van der Waals surface area contributed by atoms with E-state index in [9.17, 15) is 4.79 Å². The van der Waals surface area contributed by atoms with Gasteiger partial charge in [0, 0.05) is 25.5 Å². The van der Waals surface area contributed by atoms with Crippen LogP contribution in [-0.4, -0.2) is 21.5 Å². The Morgan fingerprint density at radius 2 is 2.10 bits per heavy atom. The number of imidazole rings is 1. The van der Waals surface area contributed by atoms with Crippen LogP contribution in [0.1, 0.15) is 18.1 Å². The molecule has 1 aromatic heterocycles. The van der Waals surface area contributed by atoms with E-state index in [1.54, 1.807) is 19.4 Å². The summed E-state index contributed by atoms with van der Waals surface area (Å²) in [5, 5.41) is 2.83. The van der Waals surface area contributed by atoms with Crippen LogP contribution in [0, 0.1) is 0 Å². The molecule has 0 fully saturated rings. The van der Waals surface area contributed by atoms with Gasteiger partial charge in [0.1, 0.15) is 0 Å². The summed E-state index contributed by atoms with van der Waals surface area (Å²) in [5.41, 5.74) is 7.77. The molecule has 0 spiro atoms. The van der Waals surface area contributed by atoms with Gasteiger partial charge in [-0.25, -0.2) is 4.98 Å². The van der Waals surface area contributed by atoms with Crippen molar-refractivity contribution in [3.05, 3.63) is 54.1 Å². The lowest BCUT2D eigenvalue weighted by atomic mass is 10.1. The van der Waals surface area contributed by atoms with Gasteiger partial charge in [0.05, 0.1) is 12.4 Å². The summed E-state index contributed by atoms with van der Waals surface area (Å²) in [6, 6.07) is 7.52. The predicted molar refractivity (Wildman–Crippen MR) is 80.5 cm³/mol. The van der Waals surface area contributed by atoms with Crippen molar-refractivity contribution in [2.24, 2.45) is 5.73 Å². The van der Waals surface area contributed by atoms with E-state index >= 15 is 0 Å². The Hall–Kier alpha value is -1.85. The van der Waals surface area contributed by atoms with Gasteiger partial charge in [-0.05, 0) is 18.1 Å². The summed E-state index contributed by atoms with van der Waals surface area (Å²) in [6.07, 6.45) is 5.44. The molecule has 2 rings (SSSR count). The van der Waals surface area contributed by atoms with Gasteiger partial charge in [-0.2, -0.15) is 0 Å².